The summed E-state index contributed by atoms with van der Waals surface area (Å²) >= 11 is 17.3. The highest BCUT2D eigenvalue weighted by Crippen LogP contribution is 2.33. The highest BCUT2D eigenvalue weighted by molar-refractivity contribution is 6.52. The van der Waals surface area contributed by atoms with E-state index in [4.69, 9.17) is 34.8 Å². The molecule has 1 N–H and O–H groups in total. The summed E-state index contributed by atoms with van der Waals surface area (Å²) in [5.41, 5.74) is 0.950. The first kappa shape index (κ1) is 12.6. The molecule has 0 saturated heterocycles. The van der Waals surface area contributed by atoms with Crippen molar-refractivity contribution in [2.45, 2.75) is 36.6 Å². The Morgan fingerprint density at radius 2 is 1.83 bits per heavy atom. The van der Waals surface area contributed by atoms with Gasteiger partial charge in [-0.3, -0.25) is 0 Å². The Balaban J connectivity index is 4.46. The van der Waals surface area contributed by atoms with Gasteiger partial charge in [-0.15, -0.1) is 11.6 Å². The second-order valence-corrected chi connectivity index (χ2v) is 5.08. The Bertz CT molecular complexity index is 171. The standard InChI is InChI=1S/C8H13Cl3O/c1-5(2)4-7(12)8(10,11)6(3)9/h4,6-7,12H,1-3H3. The van der Waals surface area contributed by atoms with E-state index in [-0.39, 0.29) is 0 Å². The molecule has 4 heteroatoms. The van der Waals surface area contributed by atoms with Crippen LogP contribution >= 0.6 is 34.8 Å². The highest BCUT2D eigenvalue weighted by atomic mass is 35.5. The minimum absolute atomic E-state index is 0.508. The molecule has 0 fully saturated rings. The van der Waals surface area contributed by atoms with Crippen LogP contribution in [0, 0.1) is 0 Å². The molecule has 0 aliphatic carbocycles. The topological polar surface area (TPSA) is 20.2 Å². The van der Waals surface area contributed by atoms with Gasteiger partial charge in [0.1, 0.15) is 6.10 Å². The molecule has 12 heavy (non-hydrogen) atoms. The summed E-state index contributed by atoms with van der Waals surface area (Å²) in [5, 5.41) is 8.99. The largest absolute Gasteiger partial charge is 0.386 e. The molecule has 2 unspecified atom stereocenters. The molecule has 2 atom stereocenters. The van der Waals surface area contributed by atoms with Crippen LogP contribution in [0.5, 0.6) is 0 Å². The predicted molar refractivity (Wildman–Crippen MR) is 55.2 cm³/mol. The number of allylic oxidation sites excluding steroid dienone is 1. The summed E-state index contributed by atoms with van der Waals surface area (Å²) < 4.78 is -1.32. The number of aliphatic hydroxyl groups is 1. The zero-order valence-electron chi connectivity index (χ0n) is 7.31. The van der Waals surface area contributed by atoms with Gasteiger partial charge in [-0.05, 0) is 20.8 Å². The maximum absolute atomic E-state index is 9.49. The predicted octanol–water partition coefficient (Wildman–Crippen LogP) is 3.11. The zero-order valence-corrected chi connectivity index (χ0v) is 9.58. The molecule has 0 aromatic heterocycles. The lowest BCUT2D eigenvalue weighted by Crippen LogP contribution is -2.37. The monoisotopic (exact) mass is 230 g/mol. The molecule has 0 saturated carbocycles. The third kappa shape index (κ3) is 3.53. The summed E-state index contributed by atoms with van der Waals surface area (Å²) in [7, 11) is 0. The molecule has 0 rings (SSSR count). The van der Waals surface area contributed by atoms with Crippen molar-refractivity contribution >= 4 is 34.8 Å². The molecule has 0 spiro atoms. The van der Waals surface area contributed by atoms with Gasteiger partial charge < -0.3 is 5.11 Å². The summed E-state index contributed by atoms with van der Waals surface area (Å²) in [6.07, 6.45) is 0.650. The second kappa shape index (κ2) is 4.71. The number of hydrogen-bond donors (Lipinski definition) is 1. The van der Waals surface area contributed by atoms with E-state index < -0.39 is 15.8 Å². The fraction of sp³-hybridized carbons (Fsp3) is 0.750. The van der Waals surface area contributed by atoms with Crippen LogP contribution in [-0.2, 0) is 0 Å². The Labute approximate surface area is 88.3 Å². The molecule has 0 aromatic rings. The van der Waals surface area contributed by atoms with Crippen LogP contribution in [0.3, 0.4) is 0 Å². The van der Waals surface area contributed by atoms with Gasteiger partial charge in [0.05, 0.1) is 5.38 Å². The number of aliphatic hydroxyl groups excluding tert-OH is 1. The first-order chi connectivity index (χ1) is 5.28. The van der Waals surface area contributed by atoms with Gasteiger partial charge in [0.2, 0.25) is 0 Å². The normalized spacial score (nSPS) is 16.9. The molecule has 0 heterocycles. The summed E-state index contributed by atoms with van der Waals surface area (Å²) in [5.74, 6) is 0. The van der Waals surface area contributed by atoms with Crippen molar-refractivity contribution < 1.29 is 5.11 Å². The Hall–Kier alpha value is 0.570. The third-order valence-electron chi connectivity index (χ3n) is 1.42. The minimum Gasteiger partial charge on any atom is -0.386 e. The molecule has 72 valence electrons. The first-order valence-electron chi connectivity index (χ1n) is 3.63. The van der Waals surface area contributed by atoms with E-state index >= 15 is 0 Å². The number of halogens is 3. The van der Waals surface area contributed by atoms with Gasteiger partial charge in [0.25, 0.3) is 0 Å². The molecular weight excluding hydrogens is 218 g/mol. The molecule has 0 aromatic carbocycles. The van der Waals surface area contributed by atoms with Gasteiger partial charge in [0.15, 0.2) is 4.33 Å². The smallest absolute Gasteiger partial charge is 0.163 e. The lowest BCUT2D eigenvalue weighted by Gasteiger charge is -2.26. The summed E-state index contributed by atoms with van der Waals surface area (Å²) in [6.45, 7) is 5.35. The van der Waals surface area contributed by atoms with E-state index in [1.54, 1.807) is 13.0 Å². The Kier molecular flexibility index (Phi) is 4.93. The minimum atomic E-state index is -1.32. The third-order valence-corrected chi connectivity index (χ3v) is 3.09. The van der Waals surface area contributed by atoms with Crippen LogP contribution in [0.15, 0.2) is 11.6 Å². The van der Waals surface area contributed by atoms with Gasteiger partial charge in [-0.25, -0.2) is 0 Å². The average Bonchev–Trinajstić information content (AvgIpc) is 1.85. The van der Waals surface area contributed by atoms with E-state index in [2.05, 4.69) is 0 Å². The lowest BCUT2D eigenvalue weighted by molar-refractivity contribution is 0.201. The molecule has 1 nitrogen and oxygen atoms in total. The van der Waals surface area contributed by atoms with Crippen molar-refractivity contribution in [3.8, 4) is 0 Å². The number of alkyl halides is 3. The van der Waals surface area contributed by atoms with E-state index in [1.807, 2.05) is 13.8 Å². The van der Waals surface area contributed by atoms with Crippen LogP contribution in [0.1, 0.15) is 20.8 Å². The van der Waals surface area contributed by atoms with Gasteiger partial charge in [-0.2, -0.15) is 0 Å². The molecule has 0 aliphatic heterocycles. The SMILES string of the molecule is CC(C)=CC(O)C(Cl)(Cl)C(C)Cl. The highest BCUT2D eigenvalue weighted by Gasteiger charge is 2.37. The molecule has 0 radical (unpaired) electrons. The number of rotatable bonds is 3. The van der Waals surface area contributed by atoms with Crippen molar-refractivity contribution in [3.63, 3.8) is 0 Å². The van der Waals surface area contributed by atoms with Crippen molar-refractivity contribution in [3.05, 3.63) is 11.6 Å². The maximum atomic E-state index is 9.49. The van der Waals surface area contributed by atoms with Crippen LogP contribution in [0.4, 0.5) is 0 Å². The average molecular weight is 232 g/mol. The van der Waals surface area contributed by atoms with Crippen LogP contribution in [0.25, 0.3) is 0 Å². The van der Waals surface area contributed by atoms with Crippen LogP contribution < -0.4 is 0 Å². The Morgan fingerprint density at radius 1 is 1.42 bits per heavy atom. The molecule has 0 amide bonds. The summed E-state index contributed by atoms with van der Waals surface area (Å²) in [6, 6.07) is 0. The van der Waals surface area contributed by atoms with Gasteiger partial charge in [-0.1, -0.05) is 34.9 Å². The van der Waals surface area contributed by atoms with Crippen molar-refractivity contribution in [2.75, 3.05) is 0 Å². The second-order valence-electron chi connectivity index (χ2n) is 2.98. The van der Waals surface area contributed by atoms with E-state index in [1.165, 1.54) is 0 Å². The fourth-order valence-electron chi connectivity index (χ4n) is 0.662. The van der Waals surface area contributed by atoms with Crippen molar-refractivity contribution in [1.29, 1.82) is 0 Å². The van der Waals surface area contributed by atoms with E-state index in [9.17, 15) is 5.11 Å². The quantitative estimate of drug-likeness (QED) is 0.584. The summed E-state index contributed by atoms with van der Waals surface area (Å²) in [4.78, 5) is 0. The first-order valence-corrected chi connectivity index (χ1v) is 4.82. The van der Waals surface area contributed by atoms with Gasteiger partial charge in [0, 0.05) is 0 Å². The molecule has 0 bridgehead atoms. The fourth-order valence-corrected chi connectivity index (χ4v) is 0.917. The number of hydrogen-bond acceptors (Lipinski definition) is 1. The Morgan fingerprint density at radius 3 is 2.08 bits per heavy atom. The van der Waals surface area contributed by atoms with Gasteiger partial charge >= 0.3 is 0 Å². The molecule has 0 aliphatic rings. The van der Waals surface area contributed by atoms with Crippen LogP contribution in [-0.4, -0.2) is 20.9 Å². The van der Waals surface area contributed by atoms with Crippen molar-refractivity contribution in [1.82, 2.24) is 0 Å². The molecular formula is C8H13Cl3O. The van der Waals surface area contributed by atoms with Crippen molar-refractivity contribution in [2.24, 2.45) is 0 Å². The maximum Gasteiger partial charge on any atom is 0.163 e. The zero-order chi connectivity index (χ0) is 9.94. The van der Waals surface area contributed by atoms with E-state index in [0.29, 0.717) is 0 Å². The van der Waals surface area contributed by atoms with E-state index in [0.717, 1.165) is 5.57 Å². The van der Waals surface area contributed by atoms with Crippen LogP contribution in [0.2, 0.25) is 0 Å². The lowest BCUT2D eigenvalue weighted by atomic mass is 10.1.